The summed E-state index contributed by atoms with van der Waals surface area (Å²) in [7, 11) is 1.61. The molecule has 1 unspecified atom stereocenters. The van der Waals surface area contributed by atoms with Crippen molar-refractivity contribution in [2.45, 2.75) is 45.4 Å². The number of methoxy groups -OCH3 is 1. The Labute approximate surface area is 154 Å². The minimum atomic E-state index is -0.606. The van der Waals surface area contributed by atoms with E-state index in [1.165, 1.54) is 0 Å². The van der Waals surface area contributed by atoms with Gasteiger partial charge in [-0.25, -0.2) is 4.79 Å². The Balaban J connectivity index is 2.20. The molecule has 0 aromatic heterocycles. The fourth-order valence-electron chi connectivity index (χ4n) is 2.66. The topological polar surface area (TPSA) is 77.1 Å². The zero-order valence-electron chi connectivity index (χ0n) is 16.1. The van der Waals surface area contributed by atoms with Crippen LogP contribution in [0.3, 0.4) is 0 Å². The SMILES string of the molecule is COc1cccc([C@@H](C)N(CC2CNC(=O)CO2)C(=O)OC(C)(C)C)c1. The molecule has 1 N–H and O–H groups in total. The molecule has 7 nitrogen and oxygen atoms in total. The molecule has 0 spiro atoms. The van der Waals surface area contributed by atoms with E-state index in [2.05, 4.69) is 5.32 Å². The number of rotatable bonds is 5. The van der Waals surface area contributed by atoms with Crippen LogP contribution in [-0.2, 0) is 14.3 Å². The van der Waals surface area contributed by atoms with Gasteiger partial charge in [-0.1, -0.05) is 12.1 Å². The number of nitrogens with one attached hydrogen (secondary N) is 1. The lowest BCUT2D eigenvalue weighted by atomic mass is 10.1. The van der Waals surface area contributed by atoms with Crippen molar-refractivity contribution in [3.63, 3.8) is 0 Å². The fourth-order valence-corrected chi connectivity index (χ4v) is 2.66. The molecule has 144 valence electrons. The number of hydrogen-bond donors (Lipinski definition) is 1. The number of ether oxygens (including phenoxy) is 3. The lowest BCUT2D eigenvalue weighted by molar-refractivity contribution is -0.133. The van der Waals surface area contributed by atoms with E-state index < -0.39 is 11.7 Å². The largest absolute Gasteiger partial charge is 0.497 e. The summed E-state index contributed by atoms with van der Waals surface area (Å²) >= 11 is 0. The molecule has 26 heavy (non-hydrogen) atoms. The Hall–Kier alpha value is -2.28. The number of carbonyl (C=O) groups excluding carboxylic acids is 2. The second kappa shape index (κ2) is 8.40. The van der Waals surface area contributed by atoms with E-state index in [9.17, 15) is 9.59 Å². The van der Waals surface area contributed by atoms with Gasteiger partial charge < -0.3 is 19.5 Å². The van der Waals surface area contributed by atoms with E-state index in [4.69, 9.17) is 14.2 Å². The molecule has 1 fully saturated rings. The Morgan fingerprint density at radius 3 is 2.73 bits per heavy atom. The predicted octanol–water partition coefficient (Wildman–Crippen LogP) is 2.51. The first kappa shape index (κ1) is 20.0. The van der Waals surface area contributed by atoms with Crippen LogP contribution in [0.2, 0.25) is 0 Å². The molecule has 2 amide bonds. The van der Waals surface area contributed by atoms with Gasteiger partial charge in [0.05, 0.1) is 25.8 Å². The average molecular weight is 364 g/mol. The standard InChI is InChI=1S/C19H28N2O5/c1-13(14-7-6-8-15(9-14)24-5)21(18(23)26-19(2,3)4)11-16-10-20-17(22)12-25-16/h6-9,13,16H,10-12H2,1-5H3,(H,20,22)/t13-,16?/m1/s1. The third-order valence-electron chi connectivity index (χ3n) is 4.05. The Bertz CT molecular complexity index is 631. The van der Waals surface area contributed by atoms with Crippen LogP contribution in [0.5, 0.6) is 5.75 Å². The first-order valence-corrected chi connectivity index (χ1v) is 8.71. The minimum absolute atomic E-state index is 0.000363. The summed E-state index contributed by atoms with van der Waals surface area (Å²) in [6.07, 6.45) is -0.707. The van der Waals surface area contributed by atoms with Crippen LogP contribution in [0, 0.1) is 0 Å². The van der Waals surface area contributed by atoms with Crippen molar-refractivity contribution >= 4 is 12.0 Å². The van der Waals surface area contributed by atoms with Crippen molar-refractivity contribution in [2.75, 3.05) is 26.8 Å². The molecule has 1 aromatic carbocycles. The number of hydrogen-bond acceptors (Lipinski definition) is 5. The minimum Gasteiger partial charge on any atom is -0.497 e. The van der Waals surface area contributed by atoms with Crippen LogP contribution in [0.15, 0.2) is 24.3 Å². The summed E-state index contributed by atoms with van der Waals surface area (Å²) in [5.41, 5.74) is 0.320. The Morgan fingerprint density at radius 1 is 1.42 bits per heavy atom. The predicted molar refractivity (Wildman–Crippen MR) is 97.1 cm³/mol. The van der Waals surface area contributed by atoms with Gasteiger partial charge in [-0.2, -0.15) is 0 Å². The summed E-state index contributed by atoms with van der Waals surface area (Å²) in [4.78, 5) is 25.7. The molecule has 0 saturated carbocycles. The van der Waals surface area contributed by atoms with E-state index in [-0.39, 0.29) is 24.7 Å². The lowest BCUT2D eigenvalue weighted by Gasteiger charge is -2.35. The molecule has 2 atom stereocenters. The molecule has 1 aliphatic heterocycles. The molecule has 1 saturated heterocycles. The summed E-state index contributed by atoms with van der Waals surface area (Å²) in [5.74, 6) is 0.575. The van der Waals surface area contributed by atoms with Crippen LogP contribution < -0.4 is 10.1 Å². The number of benzene rings is 1. The van der Waals surface area contributed by atoms with Crippen LogP contribution in [0.25, 0.3) is 0 Å². The highest BCUT2D eigenvalue weighted by Gasteiger charge is 2.31. The molecular formula is C19H28N2O5. The average Bonchev–Trinajstić information content (AvgIpc) is 2.59. The molecule has 0 radical (unpaired) electrons. The van der Waals surface area contributed by atoms with Crippen molar-refractivity contribution in [1.82, 2.24) is 10.2 Å². The normalized spacial score (nSPS) is 18.7. The van der Waals surface area contributed by atoms with Crippen LogP contribution in [-0.4, -0.2) is 55.4 Å². The molecule has 0 bridgehead atoms. The molecule has 7 heteroatoms. The third kappa shape index (κ3) is 5.62. The van der Waals surface area contributed by atoms with Crippen LogP contribution in [0.4, 0.5) is 4.79 Å². The summed E-state index contributed by atoms with van der Waals surface area (Å²) < 4.78 is 16.4. The van der Waals surface area contributed by atoms with Gasteiger partial charge in [-0.3, -0.25) is 9.69 Å². The van der Waals surface area contributed by atoms with E-state index >= 15 is 0 Å². The van der Waals surface area contributed by atoms with Crippen LogP contribution in [0.1, 0.15) is 39.3 Å². The summed E-state index contributed by atoms with van der Waals surface area (Å²) in [6.45, 7) is 8.10. The van der Waals surface area contributed by atoms with E-state index in [0.717, 1.165) is 11.3 Å². The van der Waals surface area contributed by atoms with Crippen molar-refractivity contribution < 1.29 is 23.8 Å². The van der Waals surface area contributed by atoms with Gasteiger partial charge >= 0.3 is 6.09 Å². The lowest BCUT2D eigenvalue weighted by Crippen LogP contribution is -2.50. The third-order valence-corrected chi connectivity index (χ3v) is 4.05. The molecule has 2 rings (SSSR count). The molecule has 0 aliphatic carbocycles. The summed E-state index contributed by atoms with van der Waals surface area (Å²) in [6, 6.07) is 7.32. The van der Waals surface area contributed by atoms with E-state index in [1.54, 1.807) is 12.0 Å². The van der Waals surface area contributed by atoms with Crippen molar-refractivity contribution in [3.05, 3.63) is 29.8 Å². The maximum atomic E-state index is 12.8. The molecule has 1 aromatic rings. The summed E-state index contributed by atoms with van der Waals surface area (Å²) in [5, 5.41) is 2.76. The van der Waals surface area contributed by atoms with Crippen molar-refractivity contribution in [3.8, 4) is 5.75 Å². The first-order valence-electron chi connectivity index (χ1n) is 8.71. The van der Waals surface area contributed by atoms with Gasteiger partial charge in [-0.05, 0) is 45.4 Å². The van der Waals surface area contributed by atoms with Gasteiger partial charge in [0.2, 0.25) is 5.91 Å². The van der Waals surface area contributed by atoms with E-state index in [1.807, 2.05) is 52.0 Å². The highest BCUT2D eigenvalue weighted by atomic mass is 16.6. The van der Waals surface area contributed by atoms with Crippen LogP contribution >= 0.6 is 0 Å². The quantitative estimate of drug-likeness (QED) is 0.869. The van der Waals surface area contributed by atoms with Gasteiger partial charge in [-0.15, -0.1) is 0 Å². The van der Waals surface area contributed by atoms with Gasteiger partial charge in [0.15, 0.2) is 0 Å². The van der Waals surface area contributed by atoms with Crippen molar-refractivity contribution in [1.29, 1.82) is 0 Å². The maximum Gasteiger partial charge on any atom is 0.410 e. The fraction of sp³-hybridized carbons (Fsp3) is 0.579. The highest BCUT2D eigenvalue weighted by molar-refractivity contribution is 5.77. The van der Waals surface area contributed by atoms with E-state index in [0.29, 0.717) is 13.1 Å². The zero-order valence-corrected chi connectivity index (χ0v) is 16.1. The molecule has 1 aliphatic rings. The van der Waals surface area contributed by atoms with Crippen molar-refractivity contribution in [2.24, 2.45) is 0 Å². The number of nitrogens with zero attached hydrogens (tertiary/aromatic N) is 1. The number of morpholine rings is 1. The maximum absolute atomic E-state index is 12.8. The molecule has 1 heterocycles. The monoisotopic (exact) mass is 364 g/mol. The van der Waals surface area contributed by atoms with Gasteiger partial charge in [0.1, 0.15) is 18.0 Å². The Morgan fingerprint density at radius 2 is 2.15 bits per heavy atom. The second-order valence-electron chi connectivity index (χ2n) is 7.32. The zero-order chi connectivity index (χ0) is 19.3. The van der Waals surface area contributed by atoms with Gasteiger partial charge in [0, 0.05) is 6.54 Å². The molecular weight excluding hydrogens is 336 g/mol. The second-order valence-corrected chi connectivity index (χ2v) is 7.32. The first-order chi connectivity index (χ1) is 12.2. The smallest absolute Gasteiger partial charge is 0.410 e. The highest BCUT2D eigenvalue weighted by Crippen LogP contribution is 2.26. The number of amides is 2. The Kier molecular flexibility index (Phi) is 6.47. The van der Waals surface area contributed by atoms with Gasteiger partial charge in [0.25, 0.3) is 0 Å². The number of carbonyl (C=O) groups is 2.